The van der Waals surface area contributed by atoms with Gasteiger partial charge in [0.15, 0.2) is 11.5 Å². The molecule has 7 nitrogen and oxygen atoms in total. The van der Waals surface area contributed by atoms with Crippen molar-refractivity contribution in [2.24, 2.45) is 5.10 Å². The van der Waals surface area contributed by atoms with Crippen molar-refractivity contribution in [3.8, 4) is 11.5 Å². The van der Waals surface area contributed by atoms with Crippen LogP contribution in [0.4, 0.5) is 5.13 Å². The molecule has 0 amide bonds. The summed E-state index contributed by atoms with van der Waals surface area (Å²) in [6.07, 6.45) is 1.56. The number of carbonyl (C=O) groups excluding carboxylic acids is 1. The van der Waals surface area contributed by atoms with E-state index in [1.807, 2.05) is 20.8 Å². The summed E-state index contributed by atoms with van der Waals surface area (Å²) >= 11 is 7.51. The zero-order chi connectivity index (χ0) is 20.0. The van der Waals surface area contributed by atoms with Gasteiger partial charge in [-0.15, -0.1) is 0 Å². The predicted molar refractivity (Wildman–Crippen MR) is 108 cm³/mol. The summed E-state index contributed by atoms with van der Waals surface area (Å²) < 4.78 is 16.1. The summed E-state index contributed by atoms with van der Waals surface area (Å²) in [6, 6.07) is 3.53. The number of carbonyl (C=O) groups is 1. The Balaban J connectivity index is 2.18. The molecule has 0 aliphatic heterocycles. The van der Waals surface area contributed by atoms with Gasteiger partial charge in [-0.25, -0.2) is 9.78 Å². The fourth-order valence-corrected chi connectivity index (χ4v) is 3.26. The lowest BCUT2D eigenvalue weighted by Crippen LogP contribution is -2.08. The molecule has 0 spiro atoms. The van der Waals surface area contributed by atoms with Gasteiger partial charge in [-0.05, 0) is 45.4 Å². The van der Waals surface area contributed by atoms with Gasteiger partial charge in [0.2, 0.25) is 5.13 Å². The quantitative estimate of drug-likeness (QED) is 0.390. The molecule has 0 atom stereocenters. The van der Waals surface area contributed by atoms with E-state index in [-0.39, 0.29) is 6.10 Å². The molecule has 0 unspecified atom stereocenters. The number of methoxy groups -OCH3 is 1. The maximum atomic E-state index is 11.6. The number of aryl methyl sites for hydroxylation is 1. The number of anilines is 1. The SMILES string of the molecule is CCOc1cc(/C=N\Nc2nc(C)c(C(=O)OC)s2)cc(Cl)c1OC(C)C. The van der Waals surface area contributed by atoms with Crippen LogP contribution in [-0.4, -0.2) is 37.0 Å². The van der Waals surface area contributed by atoms with E-state index >= 15 is 0 Å². The summed E-state index contributed by atoms with van der Waals surface area (Å²) in [6.45, 7) is 7.95. The Morgan fingerprint density at radius 2 is 2.19 bits per heavy atom. The number of benzene rings is 1. The van der Waals surface area contributed by atoms with E-state index in [2.05, 4.69) is 15.5 Å². The second kappa shape index (κ2) is 9.57. The highest BCUT2D eigenvalue weighted by atomic mass is 35.5. The molecule has 0 fully saturated rings. The van der Waals surface area contributed by atoms with Gasteiger partial charge in [0.1, 0.15) is 4.88 Å². The van der Waals surface area contributed by atoms with E-state index in [0.29, 0.717) is 38.8 Å². The van der Waals surface area contributed by atoms with E-state index < -0.39 is 5.97 Å². The predicted octanol–water partition coefficient (Wildman–Crippen LogP) is 4.52. The molecule has 27 heavy (non-hydrogen) atoms. The Labute approximate surface area is 167 Å². The summed E-state index contributed by atoms with van der Waals surface area (Å²) in [7, 11) is 1.33. The standard InChI is InChI=1S/C18H22ClN3O4S/c1-6-25-14-8-12(7-13(19)15(14)26-10(2)3)9-20-22-18-21-11(4)16(27-18)17(23)24-5/h7-10H,6H2,1-5H3,(H,21,22)/b20-9-. The molecule has 0 saturated heterocycles. The first-order valence-electron chi connectivity index (χ1n) is 8.33. The van der Waals surface area contributed by atoms with E-state index in [9.17, 15) is 4.79 Å². The minimum absolute atomic E-state index is 0.0277. The molecule has 1 N–H and O–H groups in total. The van der Waals surface area contributed by atoms with E-state index in [0.717, 1.165) is 5.56 Å². The van der Waals surface area contributed by atoms with Gasteiger partial charge in [-0.1, -0.05) is 22.9 Å². The van der Waals surface area contributed by atoms with Crippen molar-refractivity contribution in [1.82, 2.24) is 4.98 Å². The smallest absolute Gasteiger partial charge is 0.350 e. The second-order valence-electron chi connectivity index (χ2n) is 5.72. The van der Waals surface area contributed by atoms with Crippen LogP contribution in [0.5, 0.6) is 11.5 Å². The van der Waals surface area contributed by atoms with E-state index in [1.54, 1.807) is 25.3 Å². The molecule has 0 saturated carbocycles. The number of aromatic nitrogens is 1. The Morgan fingerprint density at radius 3 is 2.81 bits per heavy atom. The first-order valence-corrected chi connectivity index (χ1v) is 9.53. The summed E-state index contributed by atoms with van der Waals surface area (Å²) in [5.41, 5.74) is 4.12. The first-order chi connectivity index (χ1) is 12.8. The molecule has 0 bridgehead atoms. The summed E-state index contributed by atoms with van der Waals surface area (Å²) in [5.74, 6) is 0.644. The van der Waals surface area contributed by atoms with Gasteiger partial charge in [0, 0.05) is 0 Å². The van der Waals surface area contributed by atoms with Crippen molar-refractivity contribution < 1.29 is 19.0 Å². The second-order valence-corrected chi connectivity index (χ2v) is 7.13. The van der Waals surface area contributed by atoms with Crippen molar-refractivity contribution in [2.75, 3.05) is 19.1 Å². The molecule has 1 aromatic carbocycles. The summed E-state index contributed by atoms with van der Waals surface area (Å²) in [4.78, 5) is 16.3. The average Bonchev–Trinajstić information content (AvgIpc) is 2.98. The zero-order valence-electron chi connectivity index (χ0n) is 15.8. The number of halogens is 1. The monoisotopic (exact) mass is 411 g/mol. The molecule has 1 aromatic heterocycles. The van der Waals surface area contributed by atoms with Crippen molar-refractivity contribution in [1.29, 1.82) is 0 Å². The maximum Gasteiger partial charge on any atom is 0.350 e. The highest BCUT2D eigenvalue weighted by Crippen LogP contribution is 2.37. The molecule has 0 radical (unpaired) electrons. The lowest BCUT2D eigenvalue weighted by molar-refractivity contribution is 0.0605. The number of nitrogens with one attached hydrogen (secondary N) is 1. The lowest BCUT2D eigenvalue weighted by Gasteiger charge is -2.16. The van der Waals surface area contributed by atoms with Crippen molar-refractivity contribution in [3.63, 3.8) is 0 Å². The first kappa shape index (κ1) is 21.0. The van der Waals surface area contributed by atoms with Gasteiger partial charge in [-0.3, -0.25) is 5.43 Å². The number of rotatable bonds is 8. The van der Waals surface area contributed by atoms with Crippen LogP contribution < -0.4 is 14.9 Å². The van der Waals surface area contributed by atoms with Gasteiger partial charge in [-0.2, -0.15) is 5.10 Å². The molecule has 0 aliphatic rings. The number of hydrazone groups is 1. The van der Waals surface area contributed by atoms with E-state index in [4.69, 9.17) is 25.8 Å². The molecule has 2 aromatic rings. The molecule has 146 valence electrons. The van der Waals surface area contributed by atoms with Gasteiger partial charge in [0.25, 0.3) is 0 Å². The van der Waals surface area contributed by atoms with Crippen LogP contribution in [-0.2, 0) is 4.74 Å². The Kier molecular flexibility index (Phi) is 7.44. The third-order valence-electron chi connectivity index (χ3n) is 3.23. The van der Waals surface area contributed by atoms with Crippen LogP contribution >= 0.6 is 22.9 Å². The van der Waals surface area contributed by atoms with Crippen LogP contribution in [0.15, 0.2) is 17.2 Å². The fraction of sp³-hybridized carbons (Fsp3) is 0.389. The summed E-state index contributed by atoms with van der Waals surface area (Å²) in [5, 5.41) is 5.08. The molecular formula is C18H22ClN3O4S. The molecule has 1 heterocycles. The van der Waals surface area contributed by atoms with Gasteiger partial charge in [0.05, 0.1) is 36.8 Å². The van der Waals surface area contributed by atoms with Crippen LogP contribution in [0, 0.1) is 6.92 Å². The Bertz CT molecular complexity index is 836. The van der Waals surface area contributed by atoms with Crippen LogP contribution in [0.1, 0.15) is 41.7 Å². The normalized spacial score (nSPS) is 11.1. The Morgan fingerprint density at radius 1 is 1.44 bits per heavy atom. The number of ether oxygens (including phenoxy) is 3. The third kappa shape index (κ3) is 5.58. The molecule has 9 heteroatoms. The highest BCUT2D eigenvalue weighted by Gasteiger charge is 2.16. The number of esters is 1. The van der Waals surface area contributed by atoms with Crippen molar-refractivity contribution in [2.45, 2.75) is 33.8 Å². The topological polar surface area (TPSA) is 82.0 Å². The van der Waals surface area contributed by atoms with Crippen molar-refractivity contribution >= 4 is 40.3 Å². The minimum atomic E-state index is -0.420. The fourth-order valence-electron chi connectivity index (χ4n) is 2.16. The molecule has 2 rings (SSSR count). The third-order valence-corrected chi connectivity index (χ3v) is 4.55. The molecule has 0 aliphatic carbocycles. The van der Waals surface area contributed by atoms with E-state index in [1.165, 1.54) is 18.4 Å². The Hall–Kier alpha value is -2.32. The lowest BCUT2D eigenvalue weighted by atomic mass is 10.2. The molecular weight excluding hydrogens is 390 g/mol. The average molecular weight is 412 g/mol. The largest absolute Gasteiger partial charge is 0.490 e. The number of hydrogen-bond acceptors (Lipinski definition) is 8. The van der Waals surface area contributed by atoms with Crippen LogP contribution in [0.25, 0.3) is 0 Å². The van der Waals surface area contributed by atoms with Crippen LogP contribution in [0.2, 0.25) is 5.02 Å². The number of hydrogen-bond donors (Lipinski definition) is 1. The maximum absolute atomic E-state index is 11.6. The van der Waals surface area contributed by atoms with Gasteiger partial charge >= 0.3 is 5.97 Å². The highest BCUT2D eigenvalue weighted by molar-refractivity contribution is 7.17. The van der Waals surface area contributed by atoms with Gasteiger partial charge < -0.3 is 14.2 Å². The number of nitrogens with zero attached hydrogens (tertiary/aromatic N) is 2. The number of thiazole rings is 1. The zero-order valence-corrected chi connectivity index (χ0v) is 17.4. The van der Waals surface area contributed by atoms with Crippen LogP contribution in [0.3, 0.4) is 0 Å². The minimum Gasteiger partial charge on any atom is -0.490 e. The van der Waals surface area contributed by atoms with Crippen molar-refractivity contribution in [3.05, 3.63) is 33.3 Å².